The van der Waals surface area contributed by atoms with Gasteiger partial charge in [-0.2, -0.15) is 0 Å². The van der Waals surface area contributed by atoms with E-state index in [9.17, 15) is 4.79 Å². The molecule has 1 unspecified atom stereocenters. The van der Waals surface area contributed by atoms with Gasteiger partial charge < -0.3 is 5.32 Å². The molecule has 0 fully saturated rings. The number of thiophene rings is 1. The lowest BCUT2D eigenvalue weighted by Crippen LogP contribution is -2.25. The molecule has 88 valence electrons. The lowest BCUT2D eigenvalue weighted by Gasteiger charge is -2.12. The molecule has 2 rings (SSSR count). The summed E-state index contributed by atoms with van der Waals surface area (Å²) in [6.07, 6.45) is 0. The highest BCUT2D eigenvalue weighted by Gasteiger charge is 2.11. The lowest BCUT2D eigenvalue weighted by molar-refractivity contribution is 0.0940. The fourth-order valence-electron chi connectivity index (χ4n) is 1.50. The third kappa shape index (κ3) is 3.11. The van der Waals surface area contributed by atoms with Crippen LogP contribution in [0.4, 0.5) is 0 Å². The molecule has 0 saturated carbocycles. The molecular weight excluding hydrogens is 250 g/mol. The van der Waals surface area contributed by atoms with Crippen LogP contribution >= 0.6 is 24.0 Å². The summed E-state index contributed by atoms with van der Waals surface area (Å²) in [6.45, 7) is 1.98. The molecule has 1 N–H and O–H groups in total. The van der Waals surface area contributed by atoms with Crippen LogP contribution in [0.3, 0.4) is 0 Å². The Morgan fingerprint density at radius 1 is 1.29 bits per heavy atom. The van der Waals surface area contributed by atoms with Crippen molar-refractivity contribution in [2.45, 2.75) is 17.9 Å². The van der Waals surface area contributed by atoms with Crippen LogP contribution in [0.2, 0.25) is 0 Å². The Bertz CT molecular complexity index is 491. The molecule has 0 aliphatic heterocycles. The fourth-order valence-corrected chi connectivity index (χ4v) is 2.39. The first-order chi connectivity index (χ1) is 8.16. The lowest BCUT2D eigenvalue weighted by atomic mass is 10.2. The maximum absolute atomic E-state index is 11.9. The monoisotopic (exact) mass is 263 g/mol. The van der Waals surface area contributed by atoms with Gasteiger partial charge in [-0.25, -0.2) is 0 Å². The van der Waals surface area contributed by atoms with Crippen LogP contribution in [-0.4, -0.2) is 5.91 Å². The van der Waals surface area contributed by atoms with E-state index in [-0.39, 0.29) is 11.9 Å². The number of rotatable bonds is 3. The molecule has 1 aromatic carbocycles. The number of thiol groups is 1. The van der Waals surface area contributed by atoms with Gasteiger partial charge in [0.15, 0.2) is 0 Å². The molecule has 0 aliphatic rings. The van der Waals surface area contributed by atoms with Crippen LogP contribution in [0.15, 0.2) is 46.7 Å². The van der Waals surface area contributed by atoms with Crippen molar-refractivity contribution in [3.63, 3.8) is 0 Å². The number of carbonyl (C=O) groups excluding carboxylic acids is 1. The van der Waals surface area contributed by atoms with Crippen molar-refractivity contribution in [2.24, 2.45) is 0 Å². The van der Waals surface area contributed by atoms with Crippen molar-refractivity contribution < 1.29 is 4.79 Å². The molecule has 1 heterocycles. The van der Waals surface area contributed by atoms with E-state index in [1.165, 1.54) is 0 Å². The molecular formula is C13H13NOS2. The molecule has 0 radical (unpaired) electrons. The molecule has 1 atom stereocenters. The Morgan fingerprint density at radius 2 is 2.00 bits per heavy atom. The number of hydrogen-bond acceptors (Lipinski definition) is 3. The van der Waals surface area contributed by atoms with Gasteiger partial charge >= 0.3 is 0 Å². The van der Waals surface area contributed by atoms with Crippen LogP contribution in [0, 0.1) is 0 Å². The summed E-state index contributed by atoms with van der Waals surface area (Å²) in [6, 6.07) is 11.2. The van der Waals surface area contributed by atoms with E-state index in [0.717, 1.165) is 9.77 Å². The van der Waals surface area contributed by atoms with Crippen molar-refractivity contribution in [3.8, 4) is 0 Å². The van der Waals surface area contributed by atoms with Gasteiger partial charge in [0.2, 0.25) is 0 Å². The normalized spacial score (nSPS) is 12.1. The van der Waals surface area contributed by atoms with Gasteiger partial charge in [-0.1, -0.05) is 6.07 Å². The van der Waals surface area contributed by atoms with Crippen molar-refractivity contribution in [3.05, 3.63) is 52.2 Å². The number of hydrogen-bond donors (Lipinski definition) is 2. The van der Waals surface area contributed by atoms with Crippen LogP contribution < -0.4 is 5.32 Å². The third-order valence-corrected chi connectivity index (χ3v) is 3.80. The Labute approximate surface area is 110 Å². The van der Waals surface area contributed by atoms with E-state index in [4.69, 9.17) is 0 Å². The summed E-state index contributed by atoms with van der Waals surface area (Å²) in [5.74, 6) is -0.0563. The fraction of sp³-hybridized carbons (Fsp3) is 0.154. The van der Waals surface area contributed by atoms with Gasteiger partial charge in [-0.05, 0) is 42.6 Å². The first-order valence-corrected chi connectivity index (χ1v) is 6.63. The average Bonchev–Trinajstić information content (AvgIpc) is 2.83. The van der Waals surface area contributed by atoms with E-state index in [0.29, 0.717) is 5.56 Å². The second-order valence-electron chi connectivity index (χ2n) is 3.76. The first kappa shape index (κ1) is 12.2. The number of benzene rings is 1. The van der Waals surface area contributed by atoms with Gasteiger partial charge in [0.25, 0.3) is 5.91 Å². The van der Waals surface area contributed by atoms with Gasteiger partial charge in [0, 0.05) is 15.3 Å². The van der Waals surface area contributed by atoms with E-state index >= 15 is 0 Å². The van der Waals surface area contributed by atoms with Crippen molar-refractivity contribution >= 4 is 29.9 Å². The molecule has 0 saturated heterocycles. The second-order valence-corrected chi connectivity index (χ2v) is 5.25. The number of carbonyl (C=O) groups is 1. The van der Waals surface area contributed by atoms with E-state index in [1.807, 2.05) is 36.6 Å². The predicted molar refractivity (Wildman–Crippen MR) is 73.9 cm³/mol. The average molecular weight is 263 g/mol. The Morgan fingerprint density at radius 3 is 2.59 bits per heavy atom. The highest BCUT2D eigenvalue weighted by atomic mass is 32.1. The van der Waals surface area contributed by atoms with Crippen molar-refractivity contribution in [1.29, 1.82) is 0 Å². The summed E-state index contributed by atoms with van der Waals surface area (Å²) in [7, 11) is 0. The molecule has 17 heavy (non-hydrogen) atoms. The van der Waals surface area contributed by atoms with Crippen molar-refractivity contribution in [1.82, 2.24) is 5.32 Å². The minimum absolute atomic E-state index is 0.0400. The topological polar surface area (TPSA) is 29.1 Å². The molecule has 2 nitrogen and oxygen atoms in total. The summed E-state index contributed by atoms with van der Waals surface area (Å²) in [5, 5.41) is 4.97. The standard InChI is InChI=1S/C13H13NOS2/c1-9(12-3-2-8-17-12)14-13(15)10-4-6-11(16)7-5-10/h2-9,16H,1H3,(H,14,15). The summed E-state index contributed by atoms with van der Waals surface area (Å²) in [5.41, 5.74) is 0.659. The van der Waals surface area contributed by atoms with Gasteiger partial charge in [-0.3, -0.25) is 4.79 Å². The largest absolute Gasteiger partial charge is 0.345 e. The maximum atomic E-state index is 11.9. The van der Waals surface area contributed by atoms with Crippen LogP contribution in [0.25, 0.3) is 0 Å². The van der Waals surface area contributed by atoms with E-state index in [2.05, 4.69) is 17.9 Å². The minimum atomic E-state index is -0.0563. The second kappa shape index (κ2) is 5.38. The van der Waals surface area contributed by atoms with E-state index < -0.39 is 0 Å². The third-order valence-electron chi connectivity index (χ3n) is 2.45. The number of nitrogens with one attached hydrogen (secondary N) is 1. The smallest absolute Gasteiger partial charge is 0.251 e. The molecule has 1 aromatic heterocycles. The minimum Gasteiger partial charge on any atom is -0.345 e. The van der Waals surface area contributed by atoms with Crippen LogP contribution in [0.5, 0.6) is 0 Å². The van der Waals surface area contributed by atoms with Crippen molar-refractivity contribution in [2.75, 3.05) is 0 Å². The van der Waals surface area contributed by atoms with Gasteiger partial charge in [0.1, 0.15) is 0 Å². The molecule has 0 aliphatic carbocycles. The zero-order chi connectivity index (χ0) is 12.3. The molecule has 4 heteroatoms. The van der Waals surface area contributed by atoms with E-state index in [1.54, 1.807) is 23.5 Å². The Kier molecular flexibility index (Phi) is 3.86. The zero-order valence-corrected chi connectivity index (χ0v) is 11.1. The highest BCUT2D eigenvalue weighted by Crippen LogP contribution is 2.18. The highest BCUT2D eigenvalue weighted by molar-refractivity contribution is 7.80. The van der Waals surface area contributed by atoms with Crippen LogP contribution in [-0.2, 0) is 0 Å². The molecule has 2 aromatic rings. The Balaban J connectivity index is 2.04. The summed E-state index contributed by atoms with van der Waals surface area (Å²) in [4.78, 5) is 13.9. The number of amides is 1. The SMILES string of the molecule is CC(NC(=O)c1ccc(S)cc1)c1cccs1. The maximum Gasteiger partial charge on any atom is 0.251 e. The molecule has 0 spiro atoms. The summed E-state index contributed by atoms with van der Waals surface area (Å²) < 4.78 is 0. The Hall–Kier alpha value is -1.26. The first-order valence-electron chi connectivity index (χ1n) is 5.30. The quantitative estimate of drug-likeness (QED) is 0.815. The molecule has 1 amide bonds. The molecule has 0 bridgehead atoms. The zero-order valence-electron chi connectivity index (χ0n) is 9.38. The van der Waals surface area contributed by atoms with Gasteiger partial charge in [0.05, 0.1) is 6.04 Å². The predicted octanol–water partition coefficient (Wildman–Crippen LogP) is 3.53. The van der Waals surface area contributed by atoms with Gasteiger partial charge in [-0.15, -0.1) is 24.0 Å². The summed E-state index contributed by atoms with van der Waals surface area (Å²) >= 11 is 5.83. The van der Waals surface area contributed by atoms with Crippen LogP contribution in [0.1, 0.15) is 28.2 Å².